The van der Waals surface area contributed by atoms with E-state index < -0.39 is 0 Å². The summed E-state index contributed by atoms with van der Waals surface area (Å²) in [4.78, 5) is 13.0. The number of allylic oxidation sites excluding steroid dienone is 1. The van der Waals surface area contributed by atoms with Gasteiger partial charge in [0, 0.05) is 22.3 Å². The SMILES string of the molecule is O=C1/C(=C/c2cn(-c3ccccc3)nc2-c2ccc3c(c2)OCCO3)Oc2ccc(Cl)cc21. The van der Waals surface area contributed by atoms with Gasteiger partial charge >= 0.3 is 0 Å². The van der Waals surface area contributed by atoms with Crippen LogP contribution in [-0.4, -0.2) is 28.8 Å². The highest BCUT2D eigenvalue weighted by atomic mass is 35.5. The van der Waals surface area contributed by atoms with Gasteiger partial charge in [0.15, 0.2) is 17.3 Å². The second kappa shape index (κ2) is 7.83. The van der Waals surface area contributed by atoms with Crippen molar-refractivity contribution >= 4 is 23.5 Å². The van der Waals surface area contributed by atoms with Crippen molar-refractivity contribution in [3.05, 3.63) is 94.8 Å². The Bertz CT molecular complexity index is 1430. The van der Waals surface area contributed by atoms with E-state index in [1.54, 1.807) is 29.0 Å². The molecule has 6 nitrogen and oxygen atoms in total. The van der Waals surface area contributed by atoms with Crippen LogP contribution in [0.25, 0.3) is 23.0 Å². The third kappa shape index (κ3) is 3.54. The van der Waals surface area contributed by atoms with Crippen LogP contribution in [-0.2, 0) is 0 Å². The number of para-hydroxylation sites is 1. The molecule has 4 aromatic rings. The molecule has 6 rings (SSSR count). The number of hydrogen-bond donors (Lipinski definition) is 0. The summed E-state index contributed by atoms with van der Waals surface area (Å²) in [7, 11) is 0. The highest BCUT2D eigenvalue weighted by Crippen LogP contribution is 2.38. The predicted molar refractivity (Wildman–Crippen MR) is 124 cm³/mol. The Morgan fingerprint density at radius 3 is 2.55 bits per heavy atom. The van der Waals surface area contributed by atoms with Crippen molar-refractivity contribution in [2.75, 3.05) is 13.2 Å². The summed E-state index contributed by atoms with van der Waals surface area (Å²) in [5, 5.41) is 5.30. The first-order valence-corrected chi connectivity index (χ1v) is 10.8. The van der Waals surface area contributed by atoms with Gasteiger partial charge in [-0.3, -0.25) is 4.79 Å². The first kappa shape index (κ1) is 19.6. The molecule has 0 aliphatic carbocycles. The van der Waals surface area contributed by atoms with E-state index in [-0.39, 0.29) is 11.5 Å². The number of aromatic nitrogens is 2. The van der Waals surface area contributed by atoms with Crippen LogP contribution in [0.15, 0.2) is 78.7 Å². The molecule has 0 N–H and O–H groups in total. The Labute approximate surface area is 194 Å². The summed E-state index contributed by atoms with van der Waals surface area (Å²) < 4.78 is 19.0. The average molecular weight is 457 g/mol. The van der Waals surface area contributed by atoms with E-state index in [1.807, 2.05) is 54.7 Å². The summed E-state index contributed by atoms with van der Waals surface area (Å²) >= 11 is 6.07. The molecule has 7 heteroatoms. The number of nitrogens with zero attached hydrogens (tertiary/aromatic N) is 2. The maximum atomic E-state index is 13.0. The van der Waals surface area contributed by atoms with Crippen LogP contribution in [0.5, 0.6) is 17.2 Å². The number of rotatable bonds is 3. The Kier molecular flexibility index (Phi) is 4.66. The number of carbonyl (C=O) groups is 1. The lowest BCUT2D eigenvalue weighted by Gasteiger charge is -2.18. The minimum absolute atomic E-state index is 0.215. The number of hydrogen-bond acceptors (Lipinski definition) is 5. The smallest absolute Gasteiger partial charge is 0.232 e. The van der Waals surface area contributed by atoms with Crippen LogP contribution in [0, 0.1) is 0 Å². The Morgan fingerprint density at radius 2 is 1.70 bits per heavy atom. The molecule has 33 heavy (non-hydrogen) atoms. The van der Waals surface area contributed by atoms with Crippen molar-refractivity contribution in [1.29, 1.82) is 0 Å². The van der Waals surface area contributed by atoms with Gasteiger partial charge in [-0.15, -0.1) is 0 Å². The molecular weight excluding hydrogens is 440 g/mol. The lowest BCUT2D eigenvalue weighted by atomic mass is 10.1. The molecule has 3 aromatic carbocycles. The molecule has 0 spiro atoms. The van der Waals surface area contributed by atoms with Gasteiger partial charge in [0.05, 0.1) is 11.3 Å². The molecule has 0 bridgehead atoms. The zero-order valence-electron chi connectivity index (χ0n) is 17.3. The molecule has 1 aromatic heterocycles. The minimum Gasteiger partial charge on any atom is -0.486 e. The maximum Gasteiger partial charge on any atom is 0.232 e. The van der Waals surface area contributed by atoms with Crippen LogP contribution >= 0.6 is 11.6 Å². The van der Waals surface area contributed by atoms with E-state index in [9.17, 15) is 4.79 Å². The number of benzene rings is 3. The molecular formula is C26H17ClN2O4. The second-order valence-electron chi connectivity index (χ2n) is 7.65. The fraction of sp³-hybridized carbons (Fsp3) is 0.0769. The van der Waals surface area contributed by atoms with Crippen molar-refractivity contribution in [3.63, 3.8) is 0 Å². The first-order chi connectivity index (χ1) is 16.2. The monoisotopic (exact) mass is 456 g/mol. The topological polar surface area (TPSA) is 62.6 Å². The van der Waals surface area contributed by atoms with Crippen LogP contribution in [0.1, 0.15) is 15.9 Å². The fourth-order valence-electron chi connectivity index (χ4n) is 3.92. The van der Waals surface area contributed by atoms with Crippen molar-refractivity contribution in [1.82, 2.24) is 9.78 Å². The third-order valence-corrected chi connectivity index (χ3v) is 5.73. The molecule has 0 atom stereocenters. The zero-order valence-corrected chi connectivity index (χ0v) is 18.1. The lowest BCUT2D eigenvalue weighted by molar-refractivity contribution is 0.101. The summed E-state index contributed by atoms with van der Waals surface area (Å²) in [5.74, 6) is 1.87. The summed E-state index contributed by atoms with van der Waals surface area (Å²) in [5.41, 5.74) is 3.61. The largest absolute Gasteiger partial charge is 0.486 e. The van der Waals surface area contributed by atoms with Gasteiger partial charge in [-0.25, -0.2) is 4.68 Å². The summed E-state index contributed by atoms with van der Waals surface area (Å²) in [6.45, 7) is 1.02. The van der Waals surface area contributed by atoms with Crippen molar-refractivity contribution < 1.29 is 19.0 Å². The van der Waals surface area contributed by atoms with Gasteiger partial charge in [-0.2, -0.15) is 5.10 Å². The lowest BCUT2D eigenvalue weighted by Crippen LogP contribution is -2.15. The Balaban J connectivity index is 1.47. The second-order valence-corrected chi connectivity index (χ2v) is 8.09. The van der Waals surface area contributed by atoms with E-state index in [4.69, 9.17) is 30.9 Å². The number of halogens is 1. The zero-order chi connectivity index (χ0) is 22.4. The highest BCUT2D eigenvalue weighted by molar-refractivity contribution is 6.31. The number of fused-ring (bicyclic) bond motifs is 2. The van der Waals surface area contributed by atoms with E-state index in [0.717, 1.165) is 16.8 Å². The van der Waals surface area contributed by atoms with Gasteiger partial charge in [0.25, 0.3) is 0 Å². The van der Waals surface area contributed by atoms with Crippen molar-refractivity contribution in [2.24, 2.45) is 0 Å². The number of carbonyl (C=O) groups excluding carboxylic acids is 1. The van der Waals surface area contributed by atoms with Gasteiger partial charge < -0.3 is 14.2 Å². The van der Waals surface area contributed by atoms with Crippen LogP contribution in [0.3, 0.4) is 0 Å². The number of ether oxygens (including phenoxy) is 3. The molecule has 0 fully saturated rings. The molecule has 2 aliphatic heterocycles. The molecule has 0 saturated carbocycles. The Morgan fingerprint density at radius 1 is 0.909 bits per heavy atom. The molecule has 0 saturated heterocycles. The van der Waals surface area contributed by atoms with Gasteiger partial charge in [0.2, 0.25) is 5.78 Å². The highest BCUT2D eigenvalue weighted by Gasteiger charge is 2.28. The van der Waals surface area contributed by atoms with Gasteiger partial charge in [-0.05, 0) is 54.6 Å². The minimum atomic E-state index is -0.215. The van der Waals surface area contributed by atoms with E-state index >= 15 is 0 Å². The van der Waals surface area contributed by atoms with E-state index in [0.29, 0.717) is 46.7 Å². The van der Waals surface area contributed by atoms with Crippen LogP contribution in [0.4, 0.5) is 0 Å². The van der Waals surface area contributed by atoms with Gasteiger partial charge in [-0.1, -0.05) is 29.8 Å². The van der Waals surface area contributed by atoms with Crippen LogP contribution < -0.4 is 14.2 Å². The van der Waals surface area contributed by atoms with Crippen molar-refractivity contribution in [3.8, 4) is 34.2 Å². The molecule has 2 aliphatic rings. The molecule has 0 radical (unpaired) electrons. The van der Waals surface area contributed by atoms with Crippen LogP contribution in [0.2, 0.25) is 5.02 Å². The van der Waals surface area contributed by atoms with Gasteiger partial charge in [0.1, 0.15) is 24.7 Å². The number of Topliss-reactive ketones (excluding diaryl/α,β-unsaturated/α-hetero) is 1. The molecule has 162 valence electrons. The number of ketones is 1. The molecule has 3 heterocycles. The summed E-state index contributed by atoms with van der Waals surface area (Å²) in [6.07, 6.45) is 3.59. The first-order valence-electron chi connectivity index (χ1n) is 10.4. The van der Waals surface area contributed by atoms with Crippen molar-refractivity contribution in [2.45, 2.75) is 0 Å². The van der Waals surface area contributed by atoms with E-state index in [1.165, 1.54) is 0 Å². The summed E-state index contributed by atoms with van der Waals surface area (Å²) in [6, 6.07) is 20.5. The van der Waals surface area contributed by atoms with E-state index in [2.05, 4.69) is 0 Å². The molecule has 0 amide bonds. The average Bonchev–Trinajstić information content (AvgIpc) is 3.41. The third-order valence-electron chi connectivity index (χ3n) is 5.50. The predicted octanol–water partition coefficient (Wildman–Crippen LogP) is 5.58. The standard InChI is InChI=1S/C26H17ClN2O4/c27-18-7-9-21-20(14-18)26(30)24(33-21)13-17-15-29(19-4-2-1-3-5-19)28-25(17)16-6-8-22-23(12-16)32-11-10-31-22/h1-9,12-15H,10-11H2/b24-13-. The quantitative estimate of drug-likeness (QED) is 0.376. The normalized spacial score (nSPS) is 15.4. The Hall–Kier alpha value is -4.03. The maximum absolute atomic E-state index is 13.0. The fourth-order valence-corrected chi connectivity index (χ4v) is 4.10. The molecule has 0 unspecified atom stereocenters.